The second-order valence-electron chi connectivity index (χ2n) is 4.23. The summed E-state index contributed by atoms with van der Waals surface area (Å²) in [6.07, 6.45) is 1.28. The van der Waals surface area contributed by atoms with Gasteiger partial charge in [-0.05, 0) is 11.1 Å². The summed E-state index contributed by atoms with van der Waals surface area (Å²) in [5, 5.41) is 0.144. The number of carbonyl (C=O) groups excluding carboxylic acids is 1. The Labute approximate surface area is 88.1 Å². The number of rotatable bonds is 0. The Morgan fingerprint density at radius 1 is 1.07 bits per heavy atom. The lowest BCUT2D eigenvalue weighted by atomic mass is 9.85. The molecule has 2 aliphatic carbocycles. The van der Waals surface area contributed by atoms with E-state index in [0.29, 0.717) is 18.6 Å². The molecule has 0 spiro atoms. The molecule has 1 fully saturated rings. The van der Waals surface area contributed by atoms with Crippen LogP contribution < -0.4 is 0 Å². The molecule has 2 aliphatic rings. The molecule has 2 atom stereocenters. The Bertz CT molecular complexity index is 364. The van der Waals surface area contributed by atoms with E-state index in [0.717, 1.165) is 0 Å². The van der Waals surface area contributed by atoms with Gasteiger partial charge in [-0.2, -0.15) is 0 Å². The van der Waals surface area contributed by atoms with Crippen molar-refractivity contribution in [2.24, 2.45) is 0 Å². The molecule has 1 saturated carbocycles. The second kappa shape index (κ2) is 2.83. The zero-order valence-corrected chi connectivity index (χ0v) is 8.50. The van der Waals surface area contributed by atoms with E-state index >= 15 is 0 Å². The third-order valence-corrected chi connectivity index (χ3v) is 4.07. The topological polar surface area (TPSA) is 17.1 Å². The predicted octanol–water partition coefficient (Wildman–Crippen LogP) is 2.84. The van der Waals surface area contributed by atoms with Gasteiger partial charge in [-0.3, -0.25) is 4.79 Å². The zero-order chi connectivity index (χ0) is 9.71. The van der Waals surface area contributed by atoms with E-state index in [1.54, 1.807) is 0 Å². The largest absolute Gasteiger partial charge is 0.300 e. The molecule has 2 unspecified atom stereocenters. The van der Waals surface area contributed by atoms with Crippen LogP contribution in [0.5, 0.6) is 0 Å². The molecule has 0 radical (unpaired) electrons. The lowest BCUT2D eigenvalue weighted by Crippen LogP contribution is -2.23. The molecular weight excluding hydrogens is 196 g/mol. The molecule has 1 aromatic carbocycles. The van der Waals surface area contributed by atoms with E-state index in [1.165, 1.54) is 11.1 Å². The van der Waals surface area contributed by atoms with E-state index in [9.17, 15) is 4.79 Å². The number of Topliss-reactive ketones (excluding diaryl/α,β-unsaturated/α-hetero) is 1. The summed E-state index contributed by atoms with van der Waals surface area (Å²) in [5.41, 5.74) is 2.62. The summed E-state index contributed by atoms with van der Waals surface area (Å²) in [4.78, 5) is 11.5. The van der Waals surface area contributed by atoms with Crippen molar-refractivity contribution in [3.63, 3.8) is 0 Å². The van der Waals surface area contributed by atoms with Gasteiger partial charge >= 0.3 is 0 Å². The fourth-order valence-corrected chi connectivity index (χ4v) is 3.28. The highest BCUT2D eigenvalue weighted by atomic mass is 35.5. The van der Waals surface area contributed by atoms with Crippen molar-refractivity contribution in [3.8, 4) is 0 Å². The van der Waals surface area contributed by atoms with Gasteiger partial charge in [-0.15, -0.1) is 11.6 Å². The lowest BCUT2D eigenvalue weighted by molar-refractivity contribution is -0.120. The van der Waals surface area contributed by atoms with Gasteiger partial charge in [0.25, 0.3) is 0 Å². The van der Waals surface area contributed by atoms with Crippen molar-refractivity contribution in [3.05, 3.63) is 35.4 Å². The molecule has 1 nitrogen and oxygen atoms in total. The van der Waals surface area contributed by atoms with E-state index in [4.69, 9.17) is 11.6 Å². The maximum atomic E-state index is 11.5. The van der Waals surface area contributed by atoms with Crippen LogP contribution in [0.25, 0.3) is 0 Å². The van der Waals surface area contributed by atoms with Crippen LogP contribution in [-0.2, 0) is 4.79 Å². The quantitative estimate of drug-likeness (QED) is 0.597. The summed E-state index contributed by atoms with van der Waals surface area (Å²) in [7, 11) is 0. The molecule has 14 heavy (non-hydrogen) atoms. The molecule has 2 heteroatoms. The number of alkyl halides is 1. The molecule has 0 amide bonds. The standard InChI is InChI=1S/C12H11ClO/c13-12-10-5-7(14)6-11(12)9-4-2-1-3-8(9)10/h1-4,10-12H,5-6H2. The summed E-state index contributed by atoms with van der Waals surface area (Å²) >= 11 is 6.36. The Morgan fingerprint density at radius 2 is 1.57 bits per heavy atom. The van der Waals surface area contributed by atoms with Gasteiger partial charge in [0.15, 0.2) is 0 Å². The van der Waals surface area contributed by atoms with Crippen LogP contribution in [0.1, 0.15) is 35.8 Å². The Kier molecular flexibility index (Phi) is 1.72. The smallest absolute Gasteiger partial charge is 0.134 e. The van der Waals surface area contributed by atoms with Crippen LogP contribution in [-0.4, -0.2) is 11.2 Å². The summed E-state index contributed by atoms with van der Waals surface area (Å²) in [6, 6.07) is 8.31. The van der Waals surface area contributed by atoms with E-state index in [1.807, 2.05) is 12.1 Å². The van der Waals surface area contributed by atoms with E-state index in [2.05, 4.69) is 12.1 Å². The molecule has 0 aliphatic heterocycles. The normalized spacial score (nSPS) is 34.4. The molecule has 72 valence electrons. The van der Waals surface area contributed by atoms with E-state index in [-0.39, 0.29) is 17.2 Å². The van der Waals surface area contributed by atoms with Crippen LogP contribution in [0.15, 0.2) is 24.3 Å². The summed E-state index contributed by atoms with van der Waals surface area (Å²) in [6.45, 7) is 0. The Balaban J connectivity index is 2.16. The first-order chi connectivity index (χ1) is 6.77. The molecule has 0 N–H and O–H groups in total. The van der Waals surface area contributed by atoms with Crippen molar-refractivity contribution < 1.29 is 4.79 Å². The third-order valence-electron chi connectivity index (χ3n) is 3.46. The zero-order valence-electron chi connectivity index (χ0n) is 7.74. The molecular formula is C12H11ClO. The first kappa shape index (κ1) is 8.49. The minimum Gasteiger partial charge on any atom is -0.300 e. The van der Waals surface area contributed by atoms with Crippen LogP contribution in [0, 0.1) is 0 Å². The van der Waals surface area contributed by atoms with Crippen LogP contribution in [0.4, 0.5) is 0 Å². The number of fused-ring (bicyclic) bond motifs is 5. The number of halogens is 1. The van der Waals surface area contributed by atoms with Crippen molar-refractivity contribution in [2.75, 3.05) is 0 Å². The molecule has 0 aromatic heterocycles. The molecule has 3 rings (SSSR count). The summed E-state index contributed by atoms with van der Waals surface area (Å²) in [5.74, 6) is 0.923. The predicted molar refractivity (Wildman–Crippen MR) is 55.8 cm³/mol. The second-order valence-corrected chi connectivity index (χ2v) is 4.74. The SMILES string of the molecule is O=C1CC2c3ccccc3C(C1)C2Cl. The third kappa shape index (κ3) is 0.992. The minimum absolute atomic E-state index is 0.144. The van der Waals surface area contributed by atoms with Gasteiger partial charge in [0.2, 0.25) is 0 Å². The number of ketones is 1. The average Bonchev–Trinajstić information content (AvgIpc) is 2.37. The monoisotopic (exact) mass is 206 g/mol. The van der Waals surface area contributed by atoms with Gasteiger partial charge < -0.3 is 0 Å². The maximum Gasteiger partial charge on any atom is 0.134 e. The van der Waals surface area contributed by atoms with Crippen LogP contribution >= 0.6 is 11.6 Å². The number of hydrogen-bond donors (Lipinski definition) is 0. The maximum absolute atomic E-state index is 11.5. The first-order valence-electron chi connectivity index (χ1n) is 5.02. The van der Waals surface area contributed by atoms with Crippen LogP contribution in [0.3, 0.4) is 0 Å². The van der Waals surface area contributed by atoms with Crippen molar-refractivity contribution in [2.45, 2.75) is 30.1 Å². The van der Waals surface area contributed by atoms with Gasteiger partial charge in [0.1, 0.15) is 5.78 Å². The van der Waals surface area contributed by atoms with E-state index < -0.39 is 0 Å². The van der Waals surface area contributed by atoms with Gasteiger partial charge in [-0.25, -0.2) is 0 Å². The fourth-order valence-electron chi connectivity index (χ4n) is 2.83. The number of hydrogen-bond acceptors (Lipinski definition) is 1. The Hall–Kier alpha value is -0.820. The molecule has 2 bridgehead atoms. The fraction of sp³-hybridized carbons (Fsp3) is 0.417. The highest BCUT2D eigenvalue weighted by Gasteiger charge is 2.44. The first-order valence-corrected chi connectivity index (χ1v) is 5.45. The van der Waals surface area contributed by atoms with Crippen molar-refractivity contribution >= 4 is 17.4 Å². The number of benzene rings is 1. The van der Waals surface area contributed by atoms with Crippen LogP contribution in [0.2, 0.25) is 0 Å². The van der Waals surface area contributed by atoms with Crippen molar-refractivity contribution in [1.82, 2.24) is 0 Å². The van der Waals surface area contributed by atoms with Gasteiger partial charge in [0.05, 0.1) is 0 Å². The van der Waals surface area contributed by atoms with Gasteiger partial charge in [0, 0.05) is 30.1 Å². The highest BCUT2D eigenvalue weighted by molar-refractivity contribution is 6.23. The van der Waals surface area contributed by atoms with Crippen molar-refractivity contribution in [1.29, 1.82) is 0 Å². The lowest BCUT2D eigenvalue weighted by Gasteiger charge is -2.24. The minimum atomic E-state index is 0.144. The number of carbonyl (C=O) groups is 1. The molecule has 0 heterocycles. The Morgan fingerprint density at radius 3 is 2.07 bits per heavy atom. The summed E-state index contributed by atoms with van der Waals surface area (Å²) < 4.78 is 0. The average molecular weight is 207 g/mol. The van der Waals surface area contributed by atoms with Gasteiger partial charge in [-0.1, -0.05) is 24.3 Å². The molecule has 1 aromatic rings. The highest BCUT2D eigenvalue weighted by Crippen LogP contribution is 2.51. The molecule has 0 saturated heterocycles.